The summed E-state index contributed by atoms with van der Waals surface area (Å²) in [6.45, 7) is 2.89. The van der Waals surface area contributed by atoms with Gasteiger partial charge in [-0.3, -0.25) is 19.3 Å². The molecule has 0 saturated heterocycles. The van der Waals surface area contributed by atoms with E-state index in [0.29, 0.717) is 47.7 Å². The fraction of sp³-hybridized carbons (Fsp3) is 0.304. The van der Waals surface area contributed by atoms with Crippen molar-refractivity contribution in [2.24, 2.45) is 5.73 Å². The van der Waals surface area contributed by atoms with Crippen molar-refractivity contribution in [2.75, 3.05) is 44.1 Å². The highest BCUT2D eigenvalue weighted by molar-refractivity contribution is 7.09. The summed E-state index contributed by atoms with van der Waals surface area (Å²) < 4.78 is 26.0. The third-order valence-electron chi connectivity index (χ3n) is 5.32. The Morgan fingerprint density at radius 3 is 2.58 bits per heavy atom. The van der Waals surface area contributed by atoms with Gasteiger partial charge in [0, 0.05) is 25.4 Å². The van der Waals surface area contributed by atoms with Crippen LogP contribution in [0.3, 0.4) is 0 Å². The first kappa shape index (κ1) is 25.0. The van der Waals surface area contributed by atoms with Gasteiger partial charge in [-0.1, -0.05) is 0 Å². The predicted octanol–water partition coefficient (Wildman–Crippen LogP) is 1.65. The highest BCUT2D eigenvalue weighted by Crippen LogP contribution is 2.39. The molecule has 190 valence electrons. The van der Waals surface area contributed by atoms with Crippen molar-refractivity contribution in [3.8, 4) is 11.5 Å². The van der Waals surface area contributed by atoms with Crippen LogP contribution in [0.1, 0.15) is 37.7 Å². The maximum atomic E-state index is 14.0. The molecule has 0 saturated carbocycles. The Kier molecular flexibility index (Phi) is 7.41. The standard InChI is InChI=1S/C23H25N5O7S/c1-12-3-5-15(35-12)19(22(30)26-7-8-32-2)28(13-4-6-14-16(11-13)34-10-9-33-14)23(31)20-17(24)18(21(25)29)27-36-20/h3-6,11,19H,7-10,24H2,1-2H3,(H2,25,29)(H,26,30)/t19-/m0/s1. The number of anilines is 2. The topological polar surface area (TPSA) is 172 Å². The third kappa shape index (κ3) is 4.97. The van der Waals surface area contributed by atoms with Crippen LogP contribution < -0.4 is 31.2 Å². The molecule has 12 nitrogen and oxygen atoms in total. The highest BCUT2D eigenvalue weighted by Gasteiger charge is 2.38. The number of furan rings is 1. The molecule has 1 atom stereocenters. The van der Waals surface area contributed by atoms with Gasteiger partial charge in [-0.25, -0.2) is 0 Å². The van der Waals surface area contributed by atoms with Crippen LogP contribution in [0.25, 0.3) is 0 Å². The quantitative estimate of drug-likeness (QED) is 0.358. The van der Waals surface area contributed by atoms with Crippen molar-refractivity contribution in [2.45, 2.75) is 13.0 Å². The number of benzene rings is 1. The number of nitrogens with two attached hydrogens (primary N) is 2. The number of ether oxygens (including phenoxy) is 3. The molecule has 0 spiro atoms. The smallest absolute Gasteiger partial charge is 0.273 e. The number of carbonyl (C=O) groups is 3. The van der Waals surface area contributed by atoms with E-state index in [9.17, 15) is 14.4 Å². The van der Waals surface area contributed by atoms with Crippen molar-refractivity contribution in [3.05, 3.63) is 52.4 Å². The molecule has 1 aliphatic rings. The van der Waals surface area contributed by atoms with E-state index in [-0.39, 0.29) is 35.2 Å². The van der Waals surface area contributed by atoms with Crippen LogP contribution in [0.15, 0.2) is 34.7 Å². The minimum atomic E-state index is -1.25. The van der Waals surface area contributed by atoms with Crippen molar-refractivity contribution in [1.82, 2.24) is 9.69 Å². The monoisotopic (exact) mass is 515 g/mol. The lowest BCUT2D eigenvalue weighted by Crippen LogP contribution is -2.44. The van der Waals surface area contributed by atoms with E-state index in [1.165, 1.54) is 12.0 Å². The van der Waals surface area contributed by atoms with Gasteiger partial charge in [0.25, 0.3) is 17.7 Å². The highest BCUT2D eigenvalue weighted by atomic mass is 32.1. The molecular formula is C23H25N5O7S. The molecule has 4 rings (SSSR count). The zero-order valence-corrected chi connectivity index (χ0v) is 20.4. The number of nitrogen functional groups attached to an aromatic ring is 1. The Labute approximate surface area is 210 Å². The SMILES string of the molecule is COCCNC(=O)[C@H](c1ccc(C)o1)N(C(=O)c1snc(C(N)=O)c1N)c1ccc2c(c1)OCCO2. The summed E-state index contributed by atoms with van der Waals surface area (Å²) in [6, 6.07) is 6.89. The molecule has 1 aliphatic heterocycles. The fourth-order valence-electron chi connectivity index (χ4n) is 3.65. The maximum Gasteiger partial charge on any atom is 0.273 e. The zero-order valence-electron chi connectivity index (χ0n) is 19.6. The molecule has 2 aromatic heterocycles. The summed E-state index contributed by atoms with van der Waals surface area (Å²) in [5.74, 6) is -0.421. The van der Waals surface area contributed by atoms with Crippen LogP contribution >= 0.6 is 11.5 Å². The zero-order chi connectivity index (χ0) is 25.8. The molecule has 36 heavy (non-hydrogen) atoms. The second kappa shape index (κ2) is 10.7. The first-order valence-electron chi connectivity index (χ1n) is 10.9. The minimum Gasteiger partial charge on any atom is -0.486 e. The minimum absolute atomic E-state index is 0.0586. The summed E-state index contributed by atoms with van der Waals surface area (Å²) in [6.07, 6.45) is 0. The number of methoxy groups -OCH3 is 1. The van der Waals surface area contributed by atoms with Gasteiger partial charge in [-0.2, -0.15) is 4.37 Å². The summed E-state index contributed by atoms with van der Waals surface area (Å²) in [5.41, 5.74) is 11.3. The number of aromatic nitrogens is 1. The van der Waals surface area contributed by atoms with Crippen LogP contribution in [0.4, 0.5) is 11.4 Å². The summed E-state index contributed by atoms with van der Waals surface area (Å²) >= 11 is 0.710. The van der Waals surface area contributed by atoms with Gasteiger partial charge < -0.3 is 35.4 Å². The Balaban J connectivity index is 1.85. The Hall–Kier alpha value is -4.10. The molecule has 3 aromatic rings. The van der Waals surface area contributed by atoms with Gasteiger partial charge in [0.2, 0.25) is 0 Å². The number of carbonyl (C=O) groups excluding carboxylic acids is 3. The van der Waals surface area contributed by atoms with E-state index in [1.54, 1.807) is 37.3 Å². The molecule has 0 radical (unpaired) electrons. The second-order valence-corrected chi connectivity index (χ2v) is 8.55. The van der Waals surface area contributed by atoms with Gasteiger partial charge in [0.05, 0.1) is 12.3 Å². The van der Waals surface area contributed by atoms with Crippen LogP contribution in [-0.4, -0.2) is 55.6 Å². The molecule has 0 unspecified atom stereocenters. The third-order valence-corrected chi connectivity index (χ3v) is 6.17. The normalized spacial score (nSPS) is 13.2. The molecule has 0 bridgehead atoms. The summed E-state index contributed by atoms with van der Waals surface area (Å²) in [7, 11) is 1.51. The molecule has 0 aliphatic carbocycles. The van der Waals surface area contributed by atoms with Crippen LogP contribution in [-0.2, 0) is 9.53 Å². The van der Waals surface area contributed by atoms with Gasteiger partial charge in [-0.05, 0) is 42.7 Å². The number of nitrogens with zero attached hydrogens (tertiary/aromatic N) is 2. The van der Waals surface area contributed by atoms with E-state index >= 15 is 0 Å². The summed E-state index contributed by atoms with van der Waals surface area (Å²) in [4.78, 5) is 40.3. The number of fused-ring (bicyclic) bond motifs is 1. The van der Waals surface area contributed by atoms with Crippen molar-refractivity contribution in [3.63, 3.8) is 0 Å². The van der Waals surface area contributed by atoms with Crippen LogP contribution in [0, 0.1) is 6.92 Å². The molecule has 1 aromatic carbocycles. The van der Waals surface area contributed by atoms with Gasteiger partial charge in [-0.15, -0.1) is 0 Å². The average molecular weight is 516 g/mol. The fourth-order valence-corrected chi connectivity index (χ4v) is 4.39. The van der Waals surface area contributed by atoms with Crippen molar-refractivity contribution >= 4 is 40.6 Å². The second-order valence-electron chi connectivity index (χ2n) is 7.78. The molecular weight excluding hydrogens is 490 g/mol. The number of primary amides is 1. The van der Waals surface area contributed by atoms with E-state index in [4.69, 9.17) is 30.1 Å². The van der Waals surface area contributed by atoms with Crippen molar-refractivity contribution in [1.29, 1.82) is 0 Å². The van der Waals surface area contributed by atoms with Crippen molar-refractivity contribution < 1.29 is 33.0 Å². The van der Waals surface area contributed by atoms with E-state index in [0.717, 1.165) is 0 Å². The van der Waals surface area contributed by atoms with Gasteiger partial charge >= 0.3 is 0 Å². The average Bonchev–Trinajstić information content (AvgIpc) is 3.47. The Morgan fingerprint density at radius 2 is 1.94 bits per heavy atom. The number of hydrogen-bond donors (Lipinski definition) is 3. The van der Waals surface area contributed by atoms with Gasteiger partial charge in [0.15, 0.2) is 23.2 Å². The number of hydrogen-bond acceptors (Lipinski definition) is 10. The lowest BCUT2D eigenvalue weighted by molar-refractivity contribution is -0.123. The van der Waals surface area contributed by atoms with E-state index < -0.39 is 23.8 Å². The van der Waals surface area contributed by atoms with Crippen LogP contribution in [0.5, 0.6) is 11.5 Å². The predicted molar refractivity (Wildman–Crippen MR) is 130 cm³/mol. The molecule has 5 N–H and O–H groups in total. The number of rotatable bonds is 9. The number of aryl methyl sites for hydroxylation is 1. The summed E-state index contributed by atoms with van der Waals surface area (Å²) in [5, 5.41) is 2.76. The Morgan fingerprint density at radius 1 is 1.19 bits per heavy atom. The largest absolute Gasteiger partial charge is 0.486 e. The molecule has 3 heterocycles. The number of nitrogens with one attached hydrogen (secondary N) is 1. The Bertz CT molecular complexity index is 1290. The molecule has 13 heteroatoms. The molecule has 3 amide bonds. The lowest BCUT2D eigenvalue weighted by Gasteiger charge is -2.30. The molecule has 0 fully saturated rings. The first-order chi connectivity index (χ1) is 17.3. The van der Waals surface area contributed by atoms with E-state index in [2.05, 4.69) is 9.69 Å². The first-order valence-corrected chi connectivity index (χ1v) is 11.7. The lowest BCUT2D eigenvalue weighted by atomic mass is 10.1. The number of amides is 3. The van der Waals surface area contributed by atoms with Crippen LogP contribution in [0.2, 0.25) is 0 Å². The maximum absolute atomic E-state index is 14.0. The van der Waals surface area contributed by atoms with E-state index in [1.807, 2.05) is 0 Å². The van der Waals surface area contributed by atoms with Gasteiger partial charge in [0.1, 0.15) is 29.6 Å².